The van der Waals surface area contributed by atoms with Gasteiger partial charge in [0.15, 0.2) is 0 Å². The lowest BCUT2D eigenvalue weighted by molar-refractivity contribution is -0.150. The van der Waals surface area contributed by atoms with Gasteiger partial charge in [-0.1, -0.05) is 18.2 Å². The maximum absolute atomic E-state index is 11.0. The van der Waals surface area contributed by atoms with Crippen molar-refractivity contribution in [3.05, 3.63) is 30.3 Å². The summed E-state index contributed by atoms with van der Waals surface area (Å²) in [6.45, 7) is -0.401. The standard InChI is InChI=1S/C10H12O4/c1-13-10(12)9(7-11)14-8-5-3-2-4-6-8/h2-6,9,11H,7H2,1H3. The Bertz CT molecular complexity index is 283. The first kappa shape index (κ1) is 10.5. The number of methoxy groups -OCH3 is 1. The van der Waals surface area contributed by atoms with Gasteiger partial charge >= 0.3 is 5.97 Å². The van der Waals surface area contributed by atoms with Crippen molar-refractivity contribution in [2.24, 2.45) is 0 Å². The zero-order chi connectivity index (χ0) is 10.4. The molecule has 1 N–H and O–H groups in total. The van der Waals surface area contributed by atoms with Crippen LogP contribution in [0.3, 0.4) is 0 Å². The van der Waals surface area contributed by atoms with Crippen molar-refractivity contribution in [1.29, 1.82) is 0 Å². The van der Waals surface area contributed by atoms with Crippen LogP contribution in [0.5, 0.6) is 5.75 Å². The van der Waals surface area contributed by atoms with Crippen LogP contribution >= 0.6 is 0 Å². The predicted octanol–water partition coefficient (Wildman–Crippen LogP) is 0.599. The average molecular weight is 196 g/mol. The highest BCUT2D eigenvalue weighted by Crippen LogP contribution is 2.11. The molecule has 0 aromatic heterocycles. The zero-order valence-electron chi connectivity index (χ0n) is 7.84. The molecule has 0 saturated heterocycles. The van der Waals surface area contributed by atoms with Gasteiger partial charge in [0.2, 0.25) is 6.10 Å². The van der Waals surface area contributed by atoms with Crippen molar-refractivity contribution in [3.63, 3.8) is 0 Å². The van der Waals surface area contributed by atoms with E-state index in [0.717, 1.165) is 0 Å². The molecule has 1 aromatic rings. The van der Waals surface area contributed by atoms with Crippen LogP contribution < -0.4 is 4.74 Å². The molecule has 4 nitrogen and oxygen atoms in total. The molecule has 0 aliphatic rings. The molecule has 0 amide bonds. The van der Waals surface area contributed by atoms with Crippen LogP contribution in [0.4, 0.5) is 0 Å². The van der Waals surface area contributed by atoms with Crippen LogP contribution in [0.15, 0.2) is 30.3 Å². The molecule has 0 aliphatic heterocycles. The van der Waals surface area contributed by atoms with Gasteiger partial charge in [-0.25, -0.2) is 4.79 Å². The van der Waals surface area contributed by atoms with Gasteiger partial charge < -0.3 is 14.6 Å². The van der Waals surface area contributed by atoms with Crippen molar-refractivity contribution in [2.75, 3.05) is 13.7 Å². The number of hydrogen-bond donors (Lipinski definition) is 1. The Morgan fingerprint density at radius 2 is 2.07 bits per heavy atom. The van der Waals surface area contributed by atoms with Gasteiger partial charge in [-0.2, -0.15) is 0 Å². The van der Waals surface area contributed by atoms with Crippen LogP contribution in [0.1, 0.15) is 0 Å². The Hall–Kier alpha value is -1.55. The lowest BCUT2D eigenvalue weighted by Gasteiger charge is -2.13. The summed E-state index contributed by atoms with van der Waals surface area (Å²) in [5.74, 6) is -0.0618. The predicted molar refractivity (Wildman–Crippen MR) is 50.0 cm³/mol. The van der Waals surface area contributed by atoms with Crippen LogP contribution in [-0.4, -0.2) is 30.9 Å². The van der Waals surface area contributed by atoms with Gasteiger partial charge in [-0.3, -0.25) is 0 Å². The number of aliphatic hydroxyl groups is 1. The van der Waals surface area contributed by atoms with Crippen molar-refractivity contribution < 1.29 is 19.4 Å². The first-order valence-electron chi connectivity index (χ1n) is 4.18. The molecule has 4 heteroatoms. The summed E-state index contributed by atoms with van der Waals surface area (Å²) in [7, 11) is 1.25. The molecule has 0 spiro atoms. The van der Waals surface area contributed by atoms with Crippen molar-refractivity contribution in [1.82, 2.24) is 0 Å². The van der Waals surface area contributed by atoms with Gasteiger partial charge in [-0.05, 0) is 12.1 Å². The van der Waals surface area contributed by atoms with Gasteiger partial charge in [0.25, 0.3) is 0 Å². The molecule has 14 heavy (non-hydrogen) atoms. The van der Waals surface area contributed by atoms with Gasteiger partial charge in [0.05, 0.1) is 13.7 Å². The molecule has 0 aliphatic carbocycles. The number of carbonyl (C=O) groups is 1. The zero-order valence-corrected chi connectivity index (χ0v) is 7.84. The lowest BCUT2D eigenvalue weighted by atomic mass is 10.3. The molecular weight excluding hydrogens is 184 g/mol. The Balaban J connectivity index is 2.62. The highest BCUT2D eigenvalue weighted by Gasteiger charge is 2.19. The molecular formula is C10H12O4. The van der Waals surface area contributed by atoms with Gasteiger partial charge in [0, 0.05) is 0 Å². The number of ether oxygens (including phenoxy) is 2. The normalized spacial score (nSPS) is 11.9. The van der Waals surface area contributed by atoms with E-state index in [9.17, 15) is 4.79 Å². The fourth-order valence-electron chi connectivity index (χ4n) is 0.955. The van der Waals surface area contributed by atoms with E-state index in [1.807, 2.05) is 6.07 Å². The topological polar surface area (TPSA) is 55.8 Å². The fourth-order valence-corrected chi connectivity index (χ4v) is 0.955. The number of para-hydroxylation sites is 1. The van der Waals surface area contributed by atoms with E-state index in [0.29, 0.717) is 5.75 Å². The van der Waals surface area contributed by atoms with E-state index in [4.69, 9.17) is 9.84 Å². The number of aliphatic hydroxyl groups excluding tert-OH is 1. The number of benzene rings is 1. The third kappa shape index (κ3) is 2.74. The number of hydrogen-bond acceptors (Lipinski definition) is 4. The summed E-state index contributed by atoms with van der Waals surface area (Å²) in [5.41, 5.74) is 0. The molecule has 1 unspecified atom stereocenters. The molecule has 0 saturated carbocycles. The molecule has 1 rings (SSSR count). The minimum absolute atomic E-state index is 0.401. The minimum atomic E-state index is -0.956. The summed E-state index contributed by atoms with van der Waals surface area (Å²) in [4.78, 5) is 11.0. The van der Waals surface area contributed by atoms with E-state index in [1.54, 1.807) is 24.3 Å². The molecule has 0 bridgehead atoms. The summed E-state index contributed by atoms with van der Waals surface area (Å²) in [6.07, 6.45) is -0.956. The SMILES string of the molecule is COC(=O)C(CO)Oc1ccccc1. The number of rotatable bonds is 4. The monoisotopic (exact) mass is 196 g/mol. The van der Waals surface area contributed by atoms with Crippen LogP contribution in [-0.2, 0) is 9.53 Å². The third-order valence-corrected chi connectivity index (χ3v) is 1.65. The summed E-state index contributed by atoms with van der Waals surface area (Å²) in [6, 6.07) is 8.79. The Kier molecular flexibility index (Phi) is 3.94. The molecule has 0 heterocycles. The van der Waals surface area contributed by atoms with Crippen LogP contribution in [0.2, 0.25) is 0 Å². The smallest absolute Gasteiger partial charge is 0.349 e. The van der Waals surface area contributed by atoms with Gasteiger partial charge in [0.1, 0.15) is 5.75 Å². The first-order valence-corrected chi connectivity index (χ1v) is 4.18. The Morgan fingerprint density at radius 1 is 1.43 bits per heavy atom. The molecule has 0 fully saturated rings. The van der Waals surface area contributed by atoms with Crippen LogP contribution in [0.25, 0.3) is 0 Å². The van der Waals surface area contributed by atoms with E-state index in [2.05, 4.69) is 4.74 Å². The summed E-state index contributed by atoms with van der Waals surface area (Å²) in [5, 5.41) is 8.86. The van der Waals surface area contributed by atoms with Gasteiger partial charge in [-0.15, -0.1) is 0 Å². The third-order valence-electron chi connectivity index (χ3n) is 1.65. The van der Waals surface area contributed by atoms with Crippen molar-refractivity contribution >= 4 is 5.97 Å². The van der Waals surface area contributed by atoms with E-state index in [1.165, 1.54) is 7.11 Å². The maximum atomic E-state index is 11.0. The van der Waals surface area contributed by atoms with Crippen molar-refractivity contribution in [2.45, 2.75) is 6.10 Å². The minimum Gasteiger partial charge on any atom is -0.476 e. The quantitative estimate of drug-likeness (QED) is 0.716. The van der Waals surface area contributed by atoms with E-state index >= 15 is 0 Å². The fraction of sp³-hybridized carbons (Fsp3) is 0.300. The Morgan fingerprint density at radius 3 is 2.57 bits per heavy atom. The molecule has 0 radical (unpaired) electrons. The lowest BCUT2D eigenvalue weighted by Crippen LogP contribution is -2.32. The number of carbonyl (C=O) groups excluding carboxylic acids is 1. The largest absolute Gasteiger partial charge is 0.476 e. The van der Waals surface area contributed by atoms with E-state index in [-0.39, 0.29) is 0 Å². The second-order valence-electron chi connectivity index (χ2n) is 2.63. The average Bonchev–Trinajstić information content (AvgIpc) is 2.26. The highest BCUT2D eigenvalue weighted by atomic mass is 16.6. The highest BCUT2D eigenvalue weighted by molar-refractivity contribution is 5.75. The van der Waals surface area contributed by atoms with E-state index < -0.39 is 18.7 Å². The van der Waals surface area contributed by atoms with Crippen LogP contribution in [0, 0.1) is 0 Å². The summed E-state index contributed by atoms with van der Waals surface area (Å²) >= 11 is 0. The number of esters is 1. The second kappa shape index (κ2) is 5.24. The first-order chi connectivity index (χ1) is 6.77. The molecule has 1 aromatic carbocycles. The molecule has 76 valence electrons. The maximum Gasteiger partial charge on any atom is 0.349 e. The molecule has 1 atom stereocenters. The second-order valence-corrected chi connectivity index (χ2v) is 2.63. The summed E-state index contributed by atoms with van der Waals surface area (Å²) < 4.78 is 9.64. The van der Waals surface area contributed by atoms with Crippen molar-refractivity contribution in [3.8, 4) is 5.75 Å². The Labute approximate surface area is 82.1 Å².